The van der Waals surface area contributed by atoms with Gasteiger partial charge in [0.25, 0.3) is 5.91 Å². The zero-order valence-corrected chi connectivity index (χ0v) is 10.7. The molecular formula is C14H12FNO4. The molecule has 0 saturated carbocycles. The number of ether oxygens (including phenoxy) is 1. The van der Waals surface area contributed by atoms with E-state index < -0.39 is 11.3 Å². The Morgan fingerprint density at radius 2 is 2.05 bits per heavy atom. The van der Waals surface area contributed by atoms with Gasteiger partial charge in [-0.3, -0.25) is 9.59 Å². The summed E-state index contributed by atoms with van der Waals surface area (Å²) in [4.78, 5) is 23.3. The largest absolute Gasteiger partial charge is 0.490 e. The van der Waals surface area contributed by atoms with Gasteiger partial charge in [0, 0.05) is 12.6 Å². The van der Waals surface area contributed by atoms with Gasteiger partial charge in [-0.15, -0.1) is 0 Å². The van der Waals surface area contributed by atoms with Gasteiger partial charge < -0.3 is 14.5 Å². The zero-order chi connectivity index (χ0) is 14.5. The molecule has 0 saturated heterocycles. The summed E-state index contributed by atoms with van der Waals surface area (Å²) in [5, 5.41) is 2.56. The lowest BCUT2D eigenvalue weighted by Gasteiger charge is -2.05. The molecule has 0 aliphatic rings. The molecule has 0 spiro atoms. The molecule has 1 amide bonds. The predicted octanol–water partition coefficient (Wildman–Crippen LogP) is 1.72. The number of rotatable bonds is 4. The average Bonchev–Trinajstić information content (AvgIpc) is 2.46. The Balaban J connectivity index is 2.03. The van der Waals surface area contributed by atoms with Crippen LogP contribution in [0.2, 0.25) is 0 Å². The second-order valence-electron chi connectivity index (χ2n) is 3.99. The minimum Gasteiger partial charge on any atom is -0.490 e. The van der Waals surface area contributed by atoms with E-state index in [0.29, 0.717) is 0 Å². The molecule has 0 radical (unpaired) electrons. The monoisotopic (exact) mass is 277 g/mol. The van der Waals surface area contributed by atoms with Gasteiger partial charge in [0.15, 0.2) is 5.76 Å². The normalized spacial score (nSPS) is 10.1. The van der Waals surface area contributed by atoms with Crippen molar-refractivity contribution in [3.63, 3.8) is 0 Å². The molecule has 20 heavy (non-hydrogen) atoms. The van der Waals surface area contributed by atoms with Gasteiger partial charge in [-0.1, -0.05) is 12.1 Å². The van der Waals surface area contributed by atoms with Crippen LogP contribution >= 0.6 is 0 Å². The standard InChI is InChI=1S/C14H12FNO4/c1-19-13-8-20-12(6-11(13)17)14(18)16-7-9-2-4-10(15)5-3-9/h2-6,8H,7H2,1H3,(H,16,18). The smallest absolute Gasteiger partial charge is 0.287 e. The molecule has 1 aromatic heterocycles. The van der Waals surface area contributed by atoms with Crippen LogP contribution in [0, 0.1) is 5.82 Å². The highest BCUT2D eigenvalue weighted by Crippen LogP contribution is 2.06. The van der Waals surface area contributed by atoms with Crippen LogP contribution in [0.5, 0.6) is 5.75 Å². The van der Waals surface area contributed by atoms with Gasteiger partial charge in [0.05, 0.1) is 7.11 Å². The number of hydrogen-bond acceptors (Lipinski definition) is 4. The molecule has 0 aliphatic carbocycles. The van der Waals surface area contributed by atoms with Gasteiger partial charge >= 0.3 is 0 Å². The van der Waals surface area contributed by atoms with Crippen LogP contribution in [0.4, 0.5) is 4.39 Å². The van der Waals surface area contributed by atoms with E-state index in [4.69, 9.17) is 9.15 Å². The topological polar surface area (TPSA) is 68.5 Å². The second-order valence-corrected chi connectivity index (χ2v) is 3.99. The first-order valence-electron chi connectivity index (χ1n) is 5.79. The van der Waals surface area contributed by atoms with Crippen LogP contribution in [0.25, 0.3) is 0 Å². The fourth-order valence-electron chi connectivity index (χ4n) is 1.54. The molecule has 1 aromatic carbocycles. The van der Waals surface area contributed by atoms with Crippen molar-refractivity contribution in [2.45, 2.75) is 6.54 Å². The lowest BCUT2D eigenvalue weighted by molar-refractivity contribution is 0.0920. The molecule has 1 N–H and O–H groups in total. The maximum absolute atomic E-state index is 12.7. The third kappa shape index (κ3) is 3.23. The first-order valence-corrected chi connectivity index (χ1v) is 5.79. The number of carbonyl (C=O) groups is 1. The van der Waals surface area contributed by atoms with E-state index in [1.807, 2.05) is 0 Å². The summed E-state index contributed by atoms with van der Waals surface area (Å²) in [6.07, 6.45) is 1.08. The molecule has 0 bridgehead atoms. The summed E-state index contributed by atoms with van der Waals surface area (Å²) in [7, 11) is 1.33. The Morgan fingerprint density at radius 3 is 2.65 bits per heavy atom. The maximum atomic E-state index is 12.7. The number of amides is 1. The van der Waals surface area contributed by atoms with Crippen LogP contribution < -0.4 is 15.5 Å². The van der Waals surface area contributed by atoms with Gasteiger partial charge in [0.1, 0.15) is 12.1 Å². The predicted molar refractivity (Wildman–Crippen MR) is 69.1 cm³/mol. The van der Waals surface area contributed by atoms with Crippen molar-refractivity contribution in [3.8, 4) is 5.75 Å². The summed E-state index contributed by atoms with van der Waals surface area (Å²) >= 11 is 0. The zero-order valence-electron chi connectivity index (χ0n) is 10.7. The highest BCUT2D eigenvalue weighted by molar-refractivity contribution is 5.91. The molecule has 5 nitrogen and oxygen atoms in total. The molecule has 104 valence electrons. The van der Waals surface area contributed by atoms with E-state index in [1.165, 1.54) is 19.2 Å². The van der Waals surface area contributed by atoms with E-state index >= 15 is 0 Å². The van der Waals surface area contributed by atoms with Crippen LogP contribution in [-0.4, -0.2) is 13.0 Å². The van der Waals surface area contributed by atoms with Crippen LogP contribution in [0.15, 0.2) is 45.8 Å². The van der Waals surface area contributed by atoms with E-state index in [0.717, 1.165) is 17.9 Å². The summed E-state index contributed by atoms with van der Waals surface area (Å²) in [5.74, 6) is -0.965. The second kappa shape index (κ2) is 6.01. The van der Waals surface area contributed by atoms with Gasteiger partial charge in [-0.25, -0.2) is 4.39 Å². The lowest BCUT2D eigenvalue weighted by Crippen LogP contribution is -2.24. The van der Waals surface area contributed by atoms with Crippen LogP contribution in [0.3, 0.4) is 0 Å². The fraction of sp³-hybridized carbons (Fsp3) is 0.143. The quantitative estimate of drug-likeness (QED) is 0.923. The van der Waals surface area contributed by atoms with Crippen molar-refractivity contribution in [1.29, 1.82) is 0 Å². The van der Waals surface area contributed by atoms with Crippen LogP contribution in [0.1, 0.15) is 16.1 Å². The molecule has 1 heterocycles. The van der Waals surface area contributed by atoms with Gasteiger partial charge in [-0.2, -0.15) is 0 Å². The highest BCUT2D eigenvalue weighted by atomic mass is 19.1. The van der Waals surface area contributed by atoms with Gasteiger partial charge in [-0.05, 0) is 17.7 Å². The van der Waals surface area contributed by atoms with Crippen molar-refractivity contribution in [1.82, 2.24) is 5.32 Å². The number of nitrogens with one attached hydrogen (secondary N) is 1. The molecule has 2 rings (SSSR count). The lowest BCUT2D eigenvalue weighted by atomic mass is 10.2. The Kier molecular flexibility index (Phi) is 4.14. The first-order chi connectivity index (χ1) is 9.60. The van der Waals surface area contributed by atoms with E-state index in [-0.39, 0.29) is 23.9 Å². The highest BCUT2D eigenvalue weighted by Gasteiger charge is 2.11. The number of methoxy groups -OCH3 is 1. The average molecular weight is 277 g/mol. The molecular weight excluding hydrogens is 265 g/mol. The minimum absolute atomic E-state index is 0.0279. The van der Waals surface area contributed by atoms with Crippen molar-refractivity contribution in [2.24, 2.45) is 0 Å². The third-order valence-corrected chi connectivity index (χ3v) is 2.61. The maximum Gasteiger partial charge on any atom is 0.287 e. The Morgan fingerprint density at radius 1 is 1.35 bits per heavy atom. The van der Waals surface area contributed by atoms with E-state index in [9.17, 15) is 14.0 Å². The molecule has 6 heteroatoms. The SMILES string of the molecule is COc1coc(C(=O)NCc2ccc(F)cc2)cc1=O. The van der Waals surface area contributed by atoms with Crippen LogP contribution in [-0.2, 0) is 6.54 Å². The molecule has 0 atom stereocenters. The van der Waals surface area contributed by atoms with Crippen molar-refractivity contribution in [2.75, 3.05) is 7.11 Å². The fourth-order valence-corrected chi connectivity index (χ4v) is 1.54. The van der Waals surface area contributed by atoms with Crippen molar-refractivity contribution < 1.29 is 18.3 Å². The van der Waals surface area contributed by atoms with Crippen molar-refractivity contribution in [3.05, 3.63) is 64.0 Å². The molecule has 0 fully saturated rings. The summed E-state index contributed by atoms with van der Waals surface area (Å²) in [5.41, 5.74) is 0.293. The number of halogens is 1. The Labute approximate surface area is 114 Å². The summed E-state index contributed by atoms with van der Waals surface area (Å²) in [6.45, 7) is 0.203. The number of benzene rings is 1. The molecule has 0 aliphatic heterocycles. The molecule has 0 unspecified atom stereocenters. The Hall–Kier alpha value is -2.63. The summed E-state index contributed by atoms with van der Waals surface area (Å²) in [6, 6.07) is 6.77. The summed E-state index contributed by atoms with van der Waals surface area (Å²) < 4.78 is 22.5. The first kappa shape index (κ1) is 13.8. The molecule has 2 aromatic rings. The number of carbonyl (C=O) groups excluding carboxylic acids is 1. The van der Waals surface area contributed by atoms with Gasteiger partial charge in [0.2, 0.25) is 11.2 Å². The number of hydrogen-bond donors (Lipinski definition) is 1. The van der Waals surface area contributed by atoms with E-state index in [2.05, 4.69) is 5.32 Å². The van der Waals surface area contributed by atoms with Crippen molar-refractivity contribution >= 4 is 5.91 Å². The Bertz CT molecular complexity index is 664. The third-order valence-electron chi connectivity index (χ3n) is 2.61. The minimum atomic E-state index is -0.533. The van der Waals surface area contributed by atoms with E-state index in [1.54, 1.807) is 12.1 Å².